The van der Waals surface area contributed by atoms with Gasteiger partial charge in [-0.05, 0) is 32.7 Å². The first-order chi connectivity index (χ1) is 7.90. The average Bonchev–Trinajstić information content (AvgIpc) is 2.61. The molecule has 1 atom stereocenters. The lowest BCUT2D eigenvalue weighted by Crippen LogP contribution is -2.29. The number of nitrogens with zero attached hydrogens (tertiary/aromatic N) is 3. The van der Waals surface area contributed by atoms with Crippen molar-refractivity contribution in [3.05, 3.63) is 11.6 Å². The number of nitrogens with one attached hydrogen (secondary N) is 1. The second kappa shape index (κ2) is 4.17. The summed E-state index contributed by atoms with van der Waals surface area (Å²) in [6.45, 7) is 1.05. The van der Waals surface area contributed by atoms with Crippen LogP contribution in [0.3, 0.4) is 0 Å². The molecule has 4 heteroatoms. The first-order valence-corrected chi connectivity index (χ1v) is 6.48. The van der Waals surface area contributed by atoms with Crippen molar-refractivity contribution in [1.29, 1.82) is 0 Å². The molecule has 0 bridgehead atoms. The Hall–Kier alpha value is -0.900. The van der Waals surface area contributed by atoms with Crippen LogP contribution in [0.5, 0.6) is 0 Å². The Morgan fingerprint density at radius 1 is 1.25 bits per heavy atom. The van der Waals surface area contributed by atoms with Gasteiger partial charge in [0, 0.05) is 24.9 Å². The van der Waals surface area contributed by atoms with E-state index < -0.39 is 0 Å². The van der Waals surface area contributed by atoms with Gasteiger partial charge in [-0.3, -0.25) is 0 Å². The molecule has 88 valence electrons. The van der Waals surface area contributed by atoms with Crippen molar-refractivity contribution >= 4 is 0 Å². The van der Waals surface area contributed by atoms with E-state index in [1.807, 2.05) is 7.05 Å². The molecule has 1 aromatic rings. The molecule has 1 aliphatic heterocycles. The molecule has 1 N–H and O–H groups in total. The van der Waals surface area contributed by atoms with Gasteiger partial charge >= 0.3 is 0 Å². The summed E-state index contributed by atoms with van der Waals surface area (Å²) >= 11 is 0. The summed E-state index contributed by atoms with van der Waals surface area (Å²) in [5.74, 6) is 3.17. The van der Waals surface area contributed by atoms with E-state index in [1.165, 1.54) is 43.8 Å². The molecule has 1 unspecified atom stereocenters. The van der Waals surface area contributed by atoms with E-state index in [0.29, 0.717) is 12.0 Å². The van der Waals surface area contributed by atoms with Crippen LogP contribution in [0.15, 0.2) is 0 Å². The molecule has 0 saturated heterocycles. The molecule has 3 rings (SSSR count). The molecular formula is C12H20N4. The monoisotopic (exact) mass is 220 g/mol. The van der Waals surface area contributed by atoms with Crippen LogP contribution >= 0.6 is 0 Å². The second-order valence-corrected chi connectivity index (χ2v) is 5.08. The summed E-state index contributed by atoms with van der Waals surface area (Å²) in [6.07, 6.45) is 7.62. The molecule has 0 spiro atoms. The normalized spacial score (nSPS) is 25.2. The van der Waals surface area contributed by atoms with Gasteiger partial charge in [0.25, 0.3) is 0 Å². The average molecular weight is 220 g/mol. The summed E-state index contributed by atoms with van der Waals surface area (Å²) in [6, 6.07) is 0.583. The van der Waals surface area contributed by atoms with Crippen molar-refractivity contribution in [3.8, 4) is 0 Å². The second-order valence-electron chi connectivity index (χ2n) is 5.08. The van der Waals surface area contributed by atoms with Gasteiger partial charge in [0.2, 0.25) is 0 Å². The maximum absolute atomic E-state index is 4.44. The zero-order chi connectivity index (χ0) is 11.0. The topological polar surface area (TPSA) is 42.7 Å². The van der Waals surface area contributed by atoms with Gasteiger partial charge in [-0.25, -0.2) is 0 Å². The van der Waals surface area contributed by atoms with Gasteiger partial charge in [0.1, 0.15) is 11.6 Å². The van der Waals surface area contributed by atoms with Crippen molar-refractivity contribution in [2.75, 3.05) is 13.6 Å². The van der Waals surface area contributed by atoms with Gasteiger partial charge in [0.15, 0.2) is 0 Å². The molecule has 1 saturated carbocycles. The largest absolute Gasteiger partial charge is 0.318 e. The maximum atomic E-state index is 4.44. The van der Waals surface area contributed by atoms with E-state index in [9.17, 15) is 0 Å². The molecule has 4 nitrogen and oxygen atoms in total. The highest BCUT2D eigenvalue weighted by atomic mass is 15.3. The maximum Gasteiger partial charge on any atom is 0.136 e. The quantitative estimate of drug-likeness (QED) is 0.842. The van der Waals surface area contributed by atoms with Crippen LogP contribution in [-0.4, -0.2) is 28.4 Å². The Balaban J connectivity index is 1.92. The summed E-state index contributed by atoms with van der Waals surface area (Å²) in [7, 11) is 2.03. The molecule has 2 aliphatic rings. The van der Waals surface area contributed by atoms with Crippen LogP contribution in [0.25, 0.3) is 0 Å². The lowest BCUT2D eigenvalue weighted by atomic mass is 9.84. The molecule has 0 radical (unpaired) electrons. The van der Waals surface area contributed by atoms with Crippen LogP contribution in [0.1, 0.15) is 55.7 Å². The number of aryl methyl sites for hydroxylation is 1. The van der Waals surface area contributed by atoms with Crippen molar-refractivity contribution in [1.82, 2.24) is 20.1 Å². The lowest BCUT2D eigenvalue weighted by Gasteiger charge is -2.31. The van der Waals surface area contributed by atoms with Gasteiger partial charge < -0.3 is 9.88 Å². The Morgan fingerprint density at radius 2 is 2.12 bits per heavy atom. The van der Waals surface area contributed by atoms with Crippen molar-refractivity contribution in [2.24, 2.45) is 0 Å². The third-order valence-electron chi connectivity index (χ3n) is 4.01. The van der Waals surface area contributed by atoms with E-state index in [0.717, 1.165) is 13.0 Å². The van der Waals surface area contributed by atoms with Crippen molar-refractivity contribution in [3.63, 3.8) is 0 Å². The number of hydrogen-bond acceptors (Lipinski definition) is 3. The van der Waals surface area contributed by atoms with Crippen molar-refractivity contribution in [2.45, 2.75) is 50.5 Å². The fraction of sp³-hybridized carbons (Fsp3) is 0.833. The molecule has 0 amide bonds. The van der Waals surface area contributed by atoms with Crippen LogP contribution in [0.4, 0.5) is 0 Å². The summed E-state index contributed by atoms with van der Waals surface area (Å²) < 4.78 is 2.43. The van der Waals surface area contributed by atoms with Gasteiger partial charge in [-0.15, -0.1) is 10.2 Å². The SMILES string of the molecule is CNCC1CCCc2nnc(C3CCC3)n21. The summed E-state index contributed by atoms with van der Waals surface area (Å²) in [4.78, 5) is 0. The first-order valence-electron chi connectivity index (χ1n) is 6.48. The Morgan fingerprint density at radius 3 is 2.81 bits per heavy atom. The number of hydrogen-bond donors (Lipinski definition) is 1. The van der Waals surface area contributed by atoms with Crippen LogP contribution < -0.4 is 5.32 Å². The van der Waals surface area contributed by atoms with E-state index >= 15 is 0 Å². The van der Waals surface area contributed by atoms with Gasteiger partial charge in [0.05, 0.1) is 0 Å². The summed E-state index contributed by atoms with van der Waals surface area (Å²) in [5, 5.41) is 12.1. The lowest BCUT2D eigenvalue weighted by molar-refractivity contribution is 0.333. The zero-order valence-electron chi connectivity index (χ0n) is 9.95. The van der Waals surface area contributed by atoms with Crippen molar-refractivity contribution < 1.29 is 0 Å². The number of likely N-dealkylation sites (N-methyl/N-ethyl adjacent to an activating group) is 1. The zero-order valence-corrected chi connectivity index (χ0v) is 9.95. The highest BCUT2D eigenvalue weighted by molar-refractivity contribution is 5.09. The molecule has 1 fully saturated rings. The standard InChI is InChI=1S/C12H20N4/c1-13-8-10-6-3-7-11-14-15-12(16(10)11)9-4-2-5-9/h9-10,13H,2-8H2,1H3. The number of rotatable bonds is 3. The molecule has 1 aromatic heterocycles. The number of fused-ring (bicyclic) bond motifs is 1. The molecule has 1 aliphatic carbocycles. The Kier molecular flexibility index (Phi) is 2.67. The number of aromatic nitrogens is 3. The molecular weight excluding hydrogens is 200 g/mol. The predicted octanol–water partition coefficient (Wildman–Crippen LogP) is 1.64. The predicted molar refractivity (Wildman–Crippen MR) is 62.5 cm³/mol. The van der Waals surface area contributed by atoms with E-state index in [-0.39, 0.29) is 0 Å². The highest BCUT2D eigenvalue weighted by Crippen LogP contribution is 2.38. The fourth-order valence-corrected chi connectivity index (χ4v) is 2.90. The minimum absolute atomic E-state index is 0.583. The van der Waals surface area contributed by atoms with E-state index in [4.69, 9.17) is 0 Å². The Labute approximate surface area is 96.4 Å². The van der Waals surface area contributed by atoms with Gasteiger partial charge in [-0.1, -0.05) is 6.42 Å². The fourth-order valence-electron chi connectivity index (χ4n) is 2.90. The van der Waals surface area contributed by atoms with E-state index in [2.05, 4.69) is 20.1 Å². The minimum atomic E-state index is 0.583. The Bertz CT molecular complexity index is 367. The van der Waals surface area contributed by atoms with Gasteiger partial charge in [-0.2, -0.15) is 0 Å². The van der Waals surface area contributed by atoms with Crippen LogP contribution in [-0.2, 0) is 6.42 Å². The summed E-state index contributed by atoms with van der Waals surface area (Å²) in [5.41, 5.74) is 0. The van der Waals surface area contributed by atoms with E-state index in [1.54, 1.807) is 0 Å². The minimum Gasteiger partial charge on any atom is -0.318 e. The third kappa shape index (κ3) is 1.56. The highest BCUT2D eigenvalue weighted by Gasteiger charge is 2.30. The van der Waals surface area contributed by atoms with Crippen LogP contribution in [0.2, 0.25) is 0 Å². The smallest absolute Gasteiger partial charge is 0.136 e. The van der Waals surface area contributed by atoms with Crippen LogP contribution in [0, 0.1) is 0 Å². The molecule has 16 heavy (non-hydrogen) atoms. The third-order valence-corrected chi connectivity index (χ3v) is 4.01. The molecule has 2 heterocycles. The molecule has 0 aromatic carbocycles. The first kappa shape index (κ1) is 10.3.